The fourth-order valence-electron chi connectivity index (χ4n) is 8.95. The van der Waals surface area contributed by atoms with Gasteiger partial charge in [-0.25, -0.2) is 0 Å². The van der Waals surface area contributed by atoms with Gasteiger partial charge in [0.1, 0.15) is 0 Å². The molecule has 0 heterocycles. The van der Waals surface area contributed by atoms with Gasteiger partial charge in [-0.3, -0.25) is 0 Å². The zero-order chi connectivity index (χ0) is 44.0. The van der Waals surface area contributed by atoms with E-state index in [0.29, 0.717) is 0 Å². The average molecular weight is 835 g/mol. The Morgan fingerprint density at radius 1 is 0.215 bits per heavy atom. The smallest absolute Gasteiger partial charge is 0.0485 e. The summed E-state index contributed by atoms with van der Waals surface area (Å²) < 4.78 is 0. The molecule has 0 saturated carbocycles. The lowest BCUT2D eigenvalue weighted by atomic mass is 9.77. The fraction of sp³-hybridized carbons (Fsp3) is 0.0476. The number of hydrogen-bond acceptors (Lipinski definition) is 2. The van der Waals surface area contributed by atoms with Crippen LogP contribution in [0.3, 0.4) is 0 Å². The van der Waals surface area contributed by atoms with Crippen LogP contribution >= 0.6 is 0 Å². The summed E-state index contributed by atoms with van der Waals surface area (Å²) in [5.41, 5.74) is 17.8. The van der Waals surface area contributed by atoms with Crippen molar-refractivity contribution < 1.29 is 0 Å². The van der Waals surface area contributed by atoms with Crippen LogP contribution in [0.1, 0.15) is 25.0 Å². The highest BCUT2D eigenvalue weighted by molar-refractivity contribution is 5.88. The molecule has 10 rings (SSSR count). The van der Waals surface area contributed by atoms with E-state index in [2.05, 4.69) is 291 Å². The molecule has 312 valence electrons. The van der Waals surface area contributed by atoms with Gasteiger partial charge in [-0.15, -0.1) is 0 Å². The molecule has 0 fully saturated rings. The van der Waals surface area contributed by atoms with Gasteiger partial charge in [0.2, 0.25) is 0 Å². The molecule has 0 atom stereocenters. The summed E-state index contributed by atoms with van der Waals surface area (Å²) >= 11 is 0. The second-order valence-corrected chi connectivity index (χ2v) is 17.1. The highest BCUT2D eigenvalue weighted by Crippen LogP contribution is 2.46. The van der Waals surface area contributed by atoms with Gasteiger partial charge in [0.05, 0.1) is 0 Å². The summed E-state index contributed by atoms with van der Waals surface area (Å²) in [4.78, 5) is 4.87. The van der Waals surface area contributed by atoms with Gasteiger partial charge in [0.25, 0.3) is 0 Å². The standard InChI is InChI=1S/C63H50N2/c1-63(2,55-34-16-7-17-35-55)56-44-61(64(57-36-18-30-51(40-57)47-22-8-3-9-23-47)58-37-19-31-52(41-58)48-24-10-4-11-25-48)46-62(45-56)65(59-38-20-32-53(42-59)49-26-12-5-13-27-49)60-39-21-33-54(43-60)50-28-14-6-15-29-50/h3-46H,1-2H3. The van der Waals surface area contributed by atoms with Crippen molar-refractivity contribution in [3.8, 4) is 44.5 Å². The molecule has 10 aromatic rings. The first-order valence-electron chi connectivity index (χ1n) is 22.4. The molecule has 0 bridgehead atoms. The fourth-order valence-corrected chi connectivity index (χ4v) is 8.95. The summed E-state index contributed by atoms with van der Waals surface area (Å²) in [6.45, 7) is 4.69. The molecule has 0 saturated heterocycles. The summed E-state index contributed by atoms with van der Waals surface area (Å²) in [6, 6.07) is 96.5. The van der Waals surface area contributed by atoms with Crippen LogP contribution < -0.4 is 9.80 Å². The molecule has 2 heteroatoms. The van der Waals surface area contributed by atoms with E-state index in [-0.39, 0.29) is 5.41 Å². The van der Waals surface area contributed by atoms with Crippen LogP contribution in [0.5, 0.6) is 0 Å². The van der Waals surface area contributed by atoms with E-state index in [9.17, 15) is 0 Å². The first-order chi connectivity index (χ1) is 32.0. The maximum absolute atomic E-state index is 2.44. The Balaban J connectivity index is 1.24. The van der Waals surface area contributed by atoms with Crippen molar-refractivity contribution >= 4 is 34.1 Å². The molecule has 65 heavy (non-hydrogen) atoms. The zero-order valence-corrected chi connectivity index (χ0v) is 36.8. The van der Waals surface area contributed by atoms with Crippen molar-refractivity contribution in [2.45, 2.75) is 19.3 Å². The summed E-state index contributed by atoms with van der Waals surface area (Å²) in [6.07, 6.45) is 0. The van der Waals surface area contributed by atoms with Crippen molar-refractivity contribution in [2.75, 3.05) is 9.80 Å². The lowest BCUT2D eigenvalue weighted by molar-refractivity contribution is 0.641. The van der Waals surface area contributed by atoms with Gasteiger partial charge < -0.3 is 9.80 Å². The Morgan fingerprint density at radius 3 is 0.769 bits per heavy atom. The average Bonchev–Trinajstić information content (AvgIpc) is 3.38. The molecule has 0 aromatic heterocycles. The molecule has 0 amide bonds. The van der Waals surface area contributed by atoms with Crippen LogP contribution in [0.15, 0.2) is 267 Å². The van der Waals surface area contributed by atoms with Crippen molar-refractivity contribution in [2.24, 2.45) is 0 Å². The first-order valence-corrected chi connectivity index (χ1v) is 22.4. The highest BCUT2D eigenvalue weighted by Gasteiger charge is 2.28. The molecule has 10 aromatic carbocycles. The Labute approximate surface area is 384 Å². The van der Waals surface area contributed by atoms with E-state index < -0.39 is 0 Å². The number of nitrogens with zero attached hydrogens (tertiary/aromatic N) is 2. The summed E-state index contributed by atoms with van der Waals surface area (Å²) in [5, 5.41) is 0. The third kappa shape index (κ3) is 8.76. The molecule has 0 N–H and O–H groups in total. The molecule has 2 nitrogen and oxygen atoms in total. The summed E-state index contributed by atoms with van der Waals surface area (Å²) in [7, 11) is 0. The van der Waals surface area contributed by atoms with E-state index in [1.54, 1.807) is 0 Å². The second-order valence-electron chi connectivity index (χ2n) is 17.1. The Bertz CT molecular complexity index is 2810. The van der Waals surface area contributed by atoms with Crippen molar-refractivity contribution in [1.29, 1.82) is 0 Å². The zero-order valence-electron chi connectivity index (χ0n) is 36.8. The largest absolute Gasteiger partial charge is 0.310 e. The van der Waals surface area contributed by atoms with Crippen LogP contribution in [0.25, 0.3) is 44.5 Å². The number of hydrogen-bond donors (Lipinski definition) is 0. The van der Waals surface area contributed by atoms with Gasteiger partial charge in [-0.2, -0.15) is 0 Å². The monoisotopic (exact) mass is 834 g/mol. The maximum atomic E-state index is 2.44. The van der Waals surface area contributed by atoms with Crippen LogP contribution in [0.4, 0.5) is 34.1 Å². The molecular formula is C63H50N2. The normalized spacial score (nSPS) is 11.2. The molecular weight excluding hydrogens is 785 g/mol. The van der Waals surface area contributed by atoms with Crippen molar-refractivity contribution in [1.82, 2.24) is 0 Å². The van der Waals surface area contributed by atoms with E-state index >= 15 is 0 Å². The predicted molar refractivity (Wildman–Crippen MR) is 276 cm³/mol. The van der Waals surface area contributed by atoms with Gasteiger partial charge in [-0.1, -0.05) is 214 Å². The second kappa shape index (κ2) is 18.3. The predicted octanol–water partition coefficient (Wildman–Crippen LogP) is 17.6. The van der Waals surface area contributed by atoms with Gasteiger partial charge in [0.15, 0.2) is 0 Å². The topological polar surface area (TPSA) is 6.48 Å². The third-order valence-corrected chi connectivity index (χ3v) is 12.5. The van der Waals surface area contributed by atoms with E-state index in [0.717, 1.165) is 56.4 Å². The number of anilines is 6. The van der Waals surface area contributed by atoms with E-state index in [1.165, 1.54) is 33.4 Å². The van der Waals surface area contributed by atoms with Crippen LogP contribution in [-0.4, -0.2) is 0 Å². The molecule has 0 aliphatic rings. The minimum Gasteiger partial charge on any atom is -0.310 e. The maximum Gasteiger partial charge on any atom is 0.0485 e. The Kier molecular flexibility index (Phi) is 11.5. The highest BCUT2D eigenvalue weighted by atomic mass is 15.2. The quantitative estimate of drug-likeness (QED) is 0.121. The SMILES string of the molecule is CC(C)(c1ccccc1)c1cc(N(c2cccc(-c3ccccc3)c2)c2cccc(-c3ccccc3)c2)cc(N(c2cccc(-c3ccccc3)c2)c2cccc(-c3ccccc3)c2)c1. The van der Waals surface area contributed by atoms with Crippen molar-refractivity contribution in [3.63, 3.8) is 0 Å². The minimum atomic E-state index is -0.362. The molecule has 0 aliphatic heterocycles. The van der Waals surface area contributed by atoms with Crippen LogP contribution in [0.2, 0.25) is 0 Å². The van der Waals surface area contributed by atoms with Gasteiger partial charge in [-0.05, 0) is 122 Å². The molecule has 0 aliphatic carbocycles. The molecule has 0 spiro atoms. The van der Waals surface area contributed by atoms with E-state index in [4.69, 9.17) is 0 Å². The molecule has 0 unspecified atom stereocenters. The van der Waals surface area contributed by atoms with E-state index in [1.807, 2.05) is 0 Å². The van der Waals surface area contributed by atoms with Gasteiger partial charge in [0, 0.05) is 39.5 Å². The third-order valence-electron chi connectivity index (χ3n) is 12.5. The minimum absolute atomic E-state index is 0.362. The summed E-state index contributed by atoms with van der Waals surface area (Å²) in [5.74, 6) is 0. The number of benzene rings is 10. The van der Waals surface area contributed by atoms with Crippen molar-refractivity contribution in [3.05, 3.63) is 278 Å². The lowest BCUT2D eigenvalue weighted by Crippen LogP contribution is -2.21. The van der Waals surface area contributed by atoms with Crippen LogP contribution in [-0.2, 0) is 5.41 Å². The molecule has 0 radical (unpaired) electrons. The van der Waals surface area contributed by atoms with Gasteiger partial charge >= 0.3 is 0 Å². The first kappa shape index (κ1) is 40.8. The number of rotatable bonds is 12. The van der Waals surface area contributed by atoms with Crippen LogP contribution in [0, 0.1) is 0 Å². The Hall–Kier alpha value is -8.20. The lowest BCUT2D eigenvalue weighted by Gasteiger charge is -2.34. The Morgan fingerprint density at radius 2 is 0.477 bits per heavy atom.